The monoisotopic (exact) mass is 284 g/mol. The van der Waals surface area contributed by atoms with Crippen molar-refractivity contribution >= 4 is 17.9 Å². The number of amides is 3. The molecule has 3 N–H and O–H groups in total. The van der Waals surface area contributed by atoms with E-state index in [1.807, 2.05) is 0 Å². The minimum atomic E-state index is -0.985. The first-order valence-corrected chi connectivity index (χ1v) is 5.95. The number of nitrogens with zero attached hydrogens (tertiary/aromatic N) is 2. The molecule has 0 aliphatic carbocycles. The molecule has 0 fully saturated rings. The van der Waals surface area contributed by atoms with Gasteiger partial charge in [-0.3, -0.25) is 14.9 Å². The third kappa shape index (κ3) is 5.94. The van der Waals surface area contributed by atoms with Gasteiger partial charge in [0.25, 0.3) is 0 Å². The molecule has 1 unspecified atom stereocenters. The predicted octanol–water partition coefficient (Wildman–Crippen LogP) is 0.205. The lowest BCUT2D eigenvalue weighted by Crippen LogP contribution is -2.39. The lowest BCUT2D eigenvalue weighted by Gasteiger charge is -2.08. The summed E-state index contributed by atoms with van der Waals surface area (Å²) in [4.78, 5) is 37.1. The number of nitrogens with one attached hydrogen (secondary N) is 2. The van der Waals surface area contributed by atoms with Crippen molar-refractivity contribution in [3.8, 4) is 0 Å². The van der Waals surface area contributed by atoms with Gasteiger partial charge in [0.1, 0.15) is 0 Å². The number of hydrogen-bond acceptors (Lipinski definition) is 6. The van der Waals surface area contributed by atoms with Gasteiger partial charge in [-0.05, 0) is 12.8 Å². The van der Waals surface area contributed by atoms with Gasteiger partial charge in [-0.15, -0.1) is 0 Å². The standard InChI is InChI=1S/C11H16N4O5/c1-6(4-10(17)18)3-8(16)14-11(19)12-5-9-13-7(2)15-20-9/h6H,3-5H2,1-2H3,(H,17,18)(H2,12,14,16,19). The molecule has 20 heavy (non-hydrogen) atoms. The quantitative estimate of drug-likeness (QED) is 0.679. The zero-order chi connectivity index (χ0) is 15.1. The van der Waals surface area contributed by atoms with Crippen LogP contribution in [0.25, 0.3) is 0 Å². The molecule has 1 atom stereocenters. The number of imide groups is 1. The summed E-state index contributed by atoms with van der Waals surface area (Å²) in [6.07, 6.45) is -0.171. The highest BCUT2D eigenvalue weighted by Gasteiger charge is 2.15. The van der Waals surface area contributed by atoms with Crippen molar-refractivity contribution in [2.75, 3.05) is 0 Å². The van der Waals surface area contributed by atoms with Crippen LogP contribution in [0.15, 0.2) is 4.52 Å². The number of hydrogen-bond donors (Lipinski definition) is 3. The Kier molecular flexibility index (Phi) is 5.63. The molecule has 9 nitrogen and oxygen atoms in total. The Morgan fingerprint density at radius 3 is 2.60 bits per heavy atom. The third-order valence-electron chi connectivity index (χ3n) is 2.28. The molecule has 0 saturated carbocycles. The van der Waals surface area contributed by atoms with Crippen LogP contribution in [0.4, 0.5) is 4.79 Å². The van der Waals surface area contributed by atoms with Crippen molar-refractivity contribution < 1.29 is 24.0 Å². The lowest BCUT2D eigenvalue weighted by atomic mass is 10.0. The van der Waals surface area contributed by atoms with Crippen molar-refractivity contribution in [2.45, 2.75) is 33.2 Å². The SMILES string of the molecule is Cc1noc(CNC(=O)NC(=O)CC(C)CC(=O)O)n1. The number of aryl methyl sites for hydroxylation is 1. The van der Waals surface area contributed by atoms with Gasteiger partial charge in [0, 0.05) is 12.8 Å². The molecule has 0 bridgehead atoms. The van der Waals surface area contributed by atoms with E-state index >= 15 is 0 Å². The normalized spacial score (nSPS) is 11.7. The van der Waals surface area contributed by atoms with Crippen LogP contribution in [0.1, 0.15) is 31.5 Å². The molecule has 0 radical (unpaired) electrons. The number of carboxylic acid groups (broad SMARTS) is 1. The second-order valence-corrected chi connectivity index (χ2v) is 4.37. The van der Waals surface area contributed by atoms with Gasteiger partial charge in [-0.25, -0.2) is 4.79 Å². The van der Waals surface area contributed by atoms with Crippen LogP contribution >= 0.6 is 0 Å². The van der Waals surface area contributed by atoms with E-state index in [0.717, 1.165) is 0 Å². The summed E-state index contributed by atoms with van der Waals surface area (Å²) >= 11 is 0. The van der Waals surface area contributed by atoms with E-state index in [4.69, 9.17) is 9.63 Å². The lowest BCUT2D eigenvalue weighted by molar-refractivity contribution is -0.138. The van der Waals surface area contributed by atoms with Crippen molar-refractivity contribution in [3.63, 3.8) is 0 Å². The first kappa shape index (κ1) is 15.6. The molecule has 0 saturated heterocycles. The van der Waals surface area contributed by atoms with Crippen LogP contribution in [-0.2, 0) is 16.1 Å². The average molecular weight is 284 g/mol. The summed E-state index contributed by atoms with van der Waals surface area (Å²) < 4.78 is 4.77. The minimum Gasteiger partial charge on any atom is -0.481 e. The predicted molar refractivity (Wildman–Crippen MR) is 65.4 cm³/mol. The van der Waals surface area contributed by atoms with E-state index in [1.54, 1.807) is 13.8 Å². The Balaban J connectivity index is 2.27. The fraction of sp³-hybridized carbons (Fsp3) is 0.545. The van der Waals surface area contributed by atoms with E-state index in [1.165, 1.54) is 0 Å². The van der Waals surface area contributed by atoms with Crippen LogP contribution < -0.4 is 10.6 Å². The summed E-state index contributed by atoms with van der Waals surface area (Å²) in [6, 6.07) is -0.701. The summed E-state index contributed by atoms with van der Waals surface area (Å²) in [7, 11) is 0. The second-order valence-electron chi connectivity index (χ2n) is 4.37. The molecule has 0 aliphatic rings. The van der Waals surface area contributed by atoms with E-state index < -0.39 is 17.9 Å². The van der Waals surface area contributed by atoms with Crippen LogP contribution in [0.5, 0.6) is 0 Å². The highest BCUT2D eigenvalue weighted by atomic mass is 16.5. The number of aromatic nitrogens is 2. The first-order valence-electron chi connectivity index (χ1n) is 5.95. The van der Waals surface area contributed by atoms with Gasteiger partial charge >= 0.3 is 12.0 Å². The van der Waals surface area contributed by atoms with Crippen molar-refractivity contribution in [3.05, 3.63) is 11.7 Å². The van der Waals surface area contributed by atoms with Gasteiger partial charge in [-0.2, -0.15) is 4.98 Å². The van der Waals surface area contributed by atoms with E-state index in [2.05, 4.69) is 20.8 Å². The minimum absolute atomic E-state index is 0.00460. The molecule has 0 aromatic carbocycles. The summed E-state index contributed by atoms with van der Waals surface area (Å²) in [5, 5.41) is 16.6. The number of aliphatic carboxylic acids is 1. The zero-order valence-corrected chi connectivity index (χ0v) is 11.2. The van der Waals surface area contributed by atoms with Gasteiger partial charge in [0.15, 0.2) is 5.82 Å². The van der Waals surface area contributed by atoms with Crippen molar-refractivity contribution in [1.82, 2.24) is 20.8 Å². The van der Waals surface area contributed by atoms with E-state index in [0.29, 0.717) is 5.82 Å². The smallest absolute Gasteiger partial charge is 0.321 e. The molecule has 1 aromatic rings. The molecule has 1 aromatic heterocycles. The fourth-order valence-electron chi connectivity index (χ4n) is 1.48. The Bertz CT molecular complexity index is 499. The maximum absolute atomic E-state index is 11.4. The molecular weight excluding hydrogens is 268 g/mol. The number of carbonyl (C=O) groups excluding carboxylic acids is 2. The van der Waals surface area contributed by atoms with Gasteiger partial charge < -0.3 is 14.9 Å². The maximum Gasteiger partial charge on any atom is 0.321 e. The van der Waals surface area contributed by atoms with Crippen LogP contribution in [0.2, 0.25) is 0 Å². The third-order valence-corrected chi connectivity index (χ3v) is 2.28. The van der Waals surface area contributed by atoms with Crippen LogP contribution in [-0.4, -0.2) is 33.2 Å². The topological polar surface area (TPSA) is 134 Å². The number of urea groups is 1. The summed E-state index contributed by atoms with van der Waals surface area (Å²) in [6.45, 7) is 3.26. The molecule has 0 spiro atoms. The van der Waals surface area contributed by atoms with Gasteiger partial charge in [0.2, 0.25) is 11.8 Å². The Hall–Kier alpha value is -2.45. The molecule has 1 rings (SSSR count). The fourth-order valence-corrected chi connectivity index (χ4v) is 1.48. The Morgan fingerprint density at radius 1 is 1.35 bits per heavy atom. The van der Waals surface area contributed by atoms with E-state index in [9.17, 15) is 14.4 Å². The highest BCUT2D eigenvalue weighted by Crippen LogP contribution is 2.06. The van der Waals surface area contributed by atoms with Crippen molar-refractivity contribution in [1.29, 1.82) is 0 Å². The second kappa shape index (κ2) is 7.22. The van der Waals surface area contributed by atoms with Crippen LogP contribution in [0, 0.1) is 12.8 Å². The number of rotatable bonds is 6. The Labute approximate surface area is 114 Å². The highest BCUT2D eigenvalue weighted by molar-refractivity contribution is 5.94. The molecule has 3 amide bonds. The zero-order valence-electron chi connectivity index (χ0n) is 11.2. The maximum atomic E-state index is 11.4. The average Bonchev–Trinajstić information content (AvgIpc) is 2.71. The number of carbonyl (C=O) groups is 3. The molecular formula is C11H16N4O5. The van der Waals surface area contributed by atoms with Gasteiger partial charge in [-0.1, -0.05) is 12.1 Å². The molecule has 9 heteroatoms. The largest absolute Gasteiger partial charge is 0.481 e. The van der Waals surface area contributed by atoms with Crippen molar-refractivity contribution in [2.24, 2.45) is 5.92 Å². The van der Waals surface area contributed by atoms with Gasteiger partial charge in [0.05, 0.1) is 6.54 Å². The summed E-state index contributed by atoms with van der Waals surface area (Å²) in [5.74, 6) is -1.21. The molecule has 1 heterocycles. The van der Waals surface area contributed by atoms with E-state index in [-0.39, 0.29) is 31.2 Å². The Morgan fingerprint density at radius 2 is 2.05 bits per heavy atom. The molecule has 110 valence electrons. The van der Waals surface area contributed by atoms with Crippen LogP contribution in [0.3, 0.4) is 0 Å². The summed E-state index contributed by atoms with van der Waals surface area (Å²) in [5.41, 5.74) is 0. The number of carboxylic acids is 1. The molecule has 0 aliphatic heterocycles. The first-order chi connectivity index (χ1) is 9.36.